The average molecular weight is 149 g/mol. The van der Waals surface area contributed by atoms with Gasteiger partial charge < -0.3 is 10.8 Å². The first-order valence-corrected chi connectivity index (χ1v) is 2.69. The largest absolute Gasteiger partial charge is 0.480 e. The Kier molecular flexibility index (Phi) is 3.26. The highest BCUT2D eigenvalue weighted by Gasteiger charge is 2.13. The van der Waals surface area contributed by atoms with Gasteiger partial charge in [0.25, 0.3) is 0 Å². The molecule has 5 heteroatoms. The van der Waals surface area contributed by atoms with Crippen LogP contribution in [-0.2, 0) is 9.59 Å². The number of carboxylic acids is 1. The van der Waals surface area contributed by atoms with Crippen LogP contribution in [0.15, 0.2) is 0 Å². The molecule has 0 radical (unpaired) electrons. The van der Waals surface area contributed by atoms with Crippen molar-refractivity contribution in [3.63, 3.8) is 0 Å². The fourth-order valence-corrected chi connectivity index (χ4v) is 0.472. The average Bonchev–Trinajstić information content (AvgIpc) is 1.63. The molecule has 0 aromatic rings. The van der Waals surface area contributed by atoms with Gasteiger partial charge in [-0.3, -0.25) is 9.59 Å². The SMILES string of the molecule is N[C@H](CC(=O)S)C(=O)O. The molecular formula is C4H7NO3S. The lowest BCUT2D eigenvalue weighted by Gasteiger charge is -1.99. The highest BCUT2D eigenvalue weighted by atomic mass is 32.1. The van der Waals surface area contributed by atoms with Gasteiger partial charge in [-0.1, -0.05) is 0 Å². The molecule has 0 amide bonds. The number of thiol groups is 1. The lowest BCUT2D eigenvalue weighted by molar-refractivity contribution is -0.139. The summed E-state index contributed by atoms with van der Waals surface area (Å²) in [5, 5.41) is 7.61. The van der Waals surface area contributed by atoms with Crippen LogP contribution in [0, 0.1) is 0 Å². The molecule has 1 atom stereocenters. The molecule has 3 N–H and O–H groups in total. The first-order valence-electron chi connectivity index (χ1n) is 2.24. The van der Waals surface area contributed by atoms with Crippen molar-refractivity contribution in [3.8, 4) is 0 Å². The zero-order chi connectivity index (χ0) is 7.44. The first-order chi connectivity index (χ1) is 4.04. The Hall–Kier alpha value is -0.550. The van der Waals surface area contributed by atoms with Gasteiger partial charge in [0.05, 0.1) is 0 Å². The van der Waals surface area contributed by atoms with Crippen LogP contribution in [0.25, 0.3) is 0 Å². The van der Waals surface area contributed by atoms with Crippen molar-refractivity contribution >= 4 is 23.7 Å². The standard InChI is InChI=1S/C4H7NO3S/c5-2(4(7)8)1-3(6)9/h2H,1,5H2,(H,6,9)(H,7,8)/t2-/m1/s1. The number of hydrogen-bond donors (Lipinski definition) is 3. The van der Waals surface area contributed by atoms with E-state index in [9.17, 15) is 9.59 Å². The molecule has 0 bridgehead atoms. The quantitative estimate of drug-likeness (QED) is 0.461. The van der Waals surface area contributed by atoms with Gasteiger partial charge in [0.1, 0.15) is 6.04 Å². The van der Waals surface area contributed by atoms with E-state index in [4.69, 9.17) is 10.8 Å². The maximum atomic E-state index is 10.1. The third-order valence-corrected chi connectivity index (χ3v) is 0.894. The summed E-state index contributed by atoms with van der Waals surface area (Å²) in [5.74, 6) is -1.18. The molecule has 0 aliphatic heterocycles. The van der Waals surface area contributed by atoms with Crippen LogP contribution in [-0.4, -0.2) is 22.2 Å². The number of carbonyl (C=O) groups excluding carboxylic acids is 1. The van der Waals surface area contributed by atoms with Crippen molar-refractivity contribution in [3.05, 3.63) is 0 Å². The second-order valence-corrected chi connectivity index (χ2v) is 2.04. The van der Waals surface area contributed by atoms with Crippen molar-refractivity contribution in [1.29, 1.82) is 0 Å². The lowest BCUT2D eigenvalue weighted by atomic mass is 10.2. The third-order valence-electron chi connectivity index (χ3n) is 0.712. The minimum atomic E-state index is -1.18. The summed E-state index contributed by atoms with van der Waals surface area (Å²) in [6.07, 6.45) is -0.224. The Balaban J connectivity index is 3.63. The van der Waals surface area contributed by atoms with Gasteiger partial charge in [-0.15, -0.1) is 12.6 Å². The van der Waals surface area contributed by atoms with Crippen molar-refractivity contribution in [2.24, 2.45) is 5.73 Å². The smallest absolute Gasteiger partial charge is 0.320 e. The van der Waals surface area contributed by atoms with E-state index in [-0.39, 0.29) is 6.42 Å². The molecular weight excluding hydrogens is 142 g/mol. The summed E-state index contributed by atoms with van der Waals surface area (Å²) in [5.41, 5.74) is 4.95. The van der Waals surface area contributed by atoms with Crippen LogP contribution in [0.5, 0.6) is 0 Å². The lowest BCUT2D eigenvalue weighted by Crippen LogP contribution is -2.31. The van der Waals surface area contributed by atoms with Gasteiger partial charge in [0.15, 0.2) is 5.12 Å². The van der Waals surface area contributed by atoms with Crippen LogP contribution in [0.4, 0.5) is 0 Å². The van der Waals surface area contributed by atoms with E-state index in [1.54, 1.807) is 0 Å². The zero-order valence-corrected chi connectivity index (χ0v) is 5.47. The monoisotopic (exact) mass is 149 g/mol. The van der Waals surface area contributed by atoms with Crippen LogP contribution in [0.3, 0.4) is 0 Å². The van der Waals surface area contributed by atoms with E-state index in [2.05, 4.69) is 12.6 Å². The van der Waals surface area contributed by atoms with Gasteiger partial charge in [0.2, 0.25) is 0 Å². The van der Waals surface area contributed by atoms with Crippen molar-refractivity contribution in [1.82, 2.24) is 0 Å². The normalized spacial score (nSPS) is 12.7. The van der Waals surface area contributed by atoms with Crippen LogP contribution in [0.2, 0.25) is 0 Å². The molecule has 0 saturated carbocycles. The maximum Gasteiger partial charge on any atom is 0.320 e. The van der Waals surface area contributed by atoms with Gasteiger partial charge in [-0.25, -0.2) is 0 Å². The Bertz CT molecular complexity index is 136. The zero-order valence-electron chi connectivity index (χ0n) is 4.57. The molecule has 9 heavy (non-hydrogen) atoms. The van der Waals surface area contributed by atoms with E-state index in [0.29, 0.717) is 0 Å². The highest BCUT2D eigenvalue weighted by Crippen LogP contribution is 1.92. The molecule has 0 saturated heterocycles. The van der Waals surface area contributed by atoms with Crippen LogP contribution in [0.1, 0.15) is 6.42 Å². The molecule has 4 nitrogen and oxygen atoms in total. The molecule has 0 spiro atoms. The molecule has 0 aromatic heterocycles. The van der Waals surface area contributed by atoms with E-state index in [0.717, 1.165) is 0 Å². The maximum absolute atomic E-state index is 10.1. The van der Waals surface area contributed by atoms with Crippen molar-refractivity contribution < 1.29 is 14.7 Å². The van der Waals surface area contributed by atoms with Gasteiger partial charge in [-0.2, -0.15) is 0 Å². The molecule has 52 valence electrons. The summed E-state index contributed by atoms with van der Waals surface area (Å²) >= 11 is 3.35. The summed E-state index contributed by atoms with van der Waals surface area (Å²) in [6.45, 7) is 0. The van der Waals surface area contributed by atoms with Gasteiger partial charge >= 0.3 is 5.97 Å². The number of hydrogen-bond acceptors (Lipinski definition) is 3. The molecule has 0 rings (SSSR count). The fraction of sp³-hybridized carbons (Fsp3) is 0.500. The van der Waals surface area contributed by atoms with E-state index in [1.807, 2.05) is 0 Å². The highest BCUT2D eigenvalue weighted by molar-refractivity contribution is 7.96. The fourth-order valence-electron chi connectivity index (χ4n) is 0.275. The summed E-state index contributed by atoms with van der Waals surface area (Å²) in [4.78, 5) is 20.0. The predicted octanol–water partition coefficient (Wildman–Crippen LogP) is -0.755. The van der Waals surface area contributed by atoms with Gasteiger partial charge in [0, 0.05) is 6.42 Å². The second kappa shape index (κ2) is 3.47. The number of aliphatic carboxylic acids is 1. The van der Waals surface area contributed by atoms with E-state index >= 15 is 0 Å². The van der Waals surface area contributed by atoms with Crippen LogP contribution < -0.4 is 5.73 Å². The van der Waals surface area contributed by atoms with E-state index in [1.165, 1.54) is 0 Å². The van der Waals surface area contributed by atoms with Crippen LogP contribution >= 0.6 is 12.6 Å². The first kappa shape index (κ1) is 8.45. The second-order valence-electron chi connectivity index (χ2n) is 1.54. The minimum absolute atomic E-state index is 0.224. The topological polar surface area (TPSA) is 80.4 Å². The molecule has 0 aromatic carbocycles. The summed E-state index contributed by atoms with van der Waals surface area (Å²) in [7, 11) is 0. The number of nitrogens with two attached hydrogens (primary N) is 1. The molecule has 0 unspecified atom stereocenters. The molecule has 0 heterocycles. The molecule has 0 aliphatic rings. The Morgan fingerprint density at radius 2 is 2.11 bits per heavy atom. The number of rotatable bonds is 3. The Morgan fingerprint density at radius 3 is 2.22 bits per heavy atom. The number of carboxylic acid groups (broad SMARTS) is 1. The predicted molar refractivity (Wildman–Crippen MR) is 34.2 cm³/mol. The van der Waals surface area contributed by atoms with E-state index < -0.39 is 17.1 Å². The Morgan fingerprint density at radius 1 is 1.67 bits per heavy atom. The summed E-state index contributed by atoms with van der Waals surface area (Å²) < 4.78 is 0. The third kappa shape index (κ3) is 3.99. The minimum Gasteiger partial charge on any atom is -0.480 e. The van der Waals surface area contributed by atoms with Crippen molar-refractivity contribution in [2.75, 3.05) is 0 Å². The molecule has 0 fully saturated rings. The number of carbonyl (C=O) groups is 2. The van der Waals surface area contributed by atoms with Gasteiger partial charge in [-0.05, 0) is 0 Å². The van der Waals surface area contributed by atoms with Crippen molar-refractivity contribution in [2.45, 2.75) is 12.5 Å². The summed E-state index contributed by atoms with van der Waals surface area (Å²) in [6, 6.07) is -1.12. The molecule has 0 aliphatic carbocycles. The Labute approximate surface area is 57.4 Å².